The molecule has 0 aromatic heterocycles. The van der Waals surface area contributed by atoms with Crippen LogP contribution in [0.4, 0.5) is 5.69 Å². The maximum absolute atomic E-state index is 11.4. The summed E-state index contributed by atoms with van der Waals surface area (Å²) in [6.45, 7) is 0. The van der Waals surface area contributed by atoms with Gasteiger partial charge in [-0.05, 0) is 12.1 Å². The van der Waals surface area contributed by atoms with Crippen molar-refractivity contribution in [3.8, 4) is 0 Å². The van der Waals surface area contributed by atoms with Crippen LogP contribution in [0.15, 0.2) is 24.3 Å². The van der Waals surface area contributed by atoms with E-state index in [9.17, 15) is 10.0 Å². The summed E-state index contributed by atoms with van der Waals surface area (Å²) in [7, 11) is 2.89. The molecule has 0 spiro atoms. The van der Waals surface area contributed by atoms with Crippen molar-refractivity contribution in [3.63, 3.8) is 0 Å². The van der Waals surface area contributed by atoms with Gasteiger partial charge in [0.25, 0.3) is 0 Å². The molecule has 1 aromatic rings. The number of nitrogens with zero attached hydrogens (tertiary/aromatic N) is 1. The summed E-state index contributed by atoms with van der Waals surface area (Å²) in [5.41, 5.74) is 0.569. The second kappa shape index (κ2) is 3.16. The van der Waals surface area contributed by atoms with Gasteiger partial charge in [-0.25, -0.2) is 4.79 Å². The number of carboxylic acids is 1. The van der Waals surface area contributed by atoms with Crippen molar-refractivity contribution >= 4 is 11.7 Å². The molecule has 0 bridgehead atoms. The molecule has 0 atom stereocenters. The van der Waals surface area contributed by atoms with Gasteiger partial charge in [-0.2, -0.15) is 0 Å². The molecule has 4 heteroatoms. The fourth-order valence-electron chi connectivity index (χ4n) is 0.974. The van der Waals surface area contributed by atoms with Gasteiger partial charge < -0.3 is 15.0 Å². The third-order valence-corrected chi connectivity index (χ3v) is 1.71. The van der Waals surface area contributed by atoms with Crippen molar-refractivity contribution in [3.05, 3.63) is 35.0 Å². The van der Waals surface area contributed by atoms with Gasteiger partial charge in [0.1, 0.15) is 5.69 Å². The summed E-state index contributed by atoms with van der Waals surface area (Å²) in [4.78, 5) is 10.6. The average molecular weight is 181 g/mol. The van der Waals surface area contributed by atoms with E-state index in [1.54, 1.807) is 12.1 Å². The summed E-state index contributed by atoms with van der Waals surface area (Å²) >= 11 is 0. The lowest BCUT2D eigenvalue weighted by Crippen LogP contribution is -2.32. The molecule has 0 saturated heterocycles. The van der Waals surface area contributed by atoms with Gasteiger partial charge in [-0.1, -0.05) is 6.07 Å². The molecule has 0 radical (unpaired) electrons. The largest absolute Gasteiger partial charge is 0.628 e. The van der Waals surface area contributed by atoms with Crippen LogP contribution in [0, 0.1) is 5.21 Å². The zero-order valence-corrected chi connectivity index (χ0v) is 7.52. The highest BCUT2D eigenvalue weighted by atomic mass is 16.5. The van der Waals surface area contributed by atoms with Crippen LogP contribution in [-0.4, -0.2) is 25.2 Å². The van der Waals surface area contributed by atoms with Crippen molar-refractivity contribution in [2.75, 3.05) is 14.1 Å². The van der Waals surface area contributed by atoms with Crippen molar-refractivity contribution in [1.82, 2.24) is 4.65 Å². The average Bonchev–Trinajstić information content (AvgIpc) is 2.03. The summed E-state index contributed by atoms with van der Waals surface area (Å²) in [5, 5.41) is 20.1. The number of rotatable bonds is 2. The van der Waals surface area contributed by atoms with Crippen molar-refractivity contribution in [1.29, 1.82) is 0 Å². The lowest BCUT2D eigenvalue weighted by Gasteiger charge is -2.33. The van der Waals surface area contributed by atoms with Gasteiger partial charge >= 0.3 is 5.97 Å². The molecule has 1 N–H and O–H groups in total. The van der Waals surface area contributed by atoms with Crippen molar-refractivity contribution in [2.24, 2.45) is 0 Å². The minimum absolute atomic E-state index is 0.138. The van der Waals surface area contributed by atoms with E-state index in [4.69, 9.17) is 5.11 Å². The normalized spacial score (nSPS) is 11.3. The first kappa shape index (κ1) is 9.70. The SMILES string of the molecule is C[N+](C)([O-])c1cccc(C(=O)O)c1. The van der Waals surface area contributed by atoms with Crippen LogP contribution in [0.25, 0.3) is 0 Å². The van der Waals surface area contributed by atoms with Crippen LogP contribution in [0.3, 0.4) is 0 Å². The molecule has 0 heterocycles. The second-order valence-electron chi connectivity index (χ2n) is 3.21. The number of carbonyl (C=O) groups is 1. The summed E-state index contributed by atoms with van der Waals surface area (Å²) in [6.07, 6.45) is 0. The van der Waals surface area contributed by atoms with Crippen molar-refractivity contribution in [2.45, 2.75) is 0 Å². The summed E-state index contributed by atoms with van der Waals surface area (Å²) in [6, 6.07) is 6.02. The monoisotopic (exact) mass is 181 g/mol. The smallest absolute Gasteiger partial charge is 0.335 e. The molecule has 4 nitrogen and oxygen atoms in total. The number of benzene rings is 1. The quantitative estimate of drug-likeness (QED) is 0.554. The van der Waals surface area contributed by atoms with Gasteiger partial charge in [-0.15, -0.1) is 0 Å². The Kier molecular flexibility index (Phi) is 2.36. The molecular formula is C9H11NO3. The standard InChI is InChI=1S/C9H11NO3/c1-10(2,13)8-5-3-4-7(6-8)9(11)12/h3-6H,1-2H3,(H,11,12). The molecule has 1 aromatic carbocycles. The number of carboxylic acid groups (broad SMARTS) is 1. The van der Waals surface area contributed by atoms with Crippen molar-refractivity contribution < 1.29 is 9.90 Å². The Morgan fingerprint density at radius 1 is 1.46 bits per heavy atom. The Bertz CT molecular complexity index is 328. The number of hydroxylamine groups is 2. The number of quaternary nitrogens is 1. The number of hydrogen-bond donors (Lipinski definition) is 1. The molecular weight excluding hydrogens is 170 g/mol. The van der Waals surface area contributed by atoms with E-state index in [0.29, 0.717) is 5.69 Å². The minimum Gasteiger partial charge on any atom is -0.628 e. The molecule has 13 heavy (non-hydrogen) atoms. The van der Waals surface area contributed by atoms with Gasteiger partial charge in [0.2, 0.25) is 0 Å². The molecule has 0 fully saturated rings. The highest BCUT2D eigenvalue weighted by Crippen LogP contribution is 2.18. The molecule has 0 unspecified atom stereocenters. The third kappa shape index (κ3) is 2.27. The summed E-state index contributed by atoms with van der Waals surface area (Å²) in [5.74, 6) is -1.02. The van der Waals surface area contributed by atoms with Crippen LogP contribution in [0.1, 0.15) is 10.4 Å². The second-order valence-corrected chi connectivity index (χ2v) is 3.21. The first-order chi connectivity index (χ1) is 5.91. The lowest BCUT2D eigenvalue weighted by atomic mass is 10.2. The van der Waals surface area contributed by atoms with E-state index >= 15 is 0 Å². The van der Waals surface area contributed by atoms with E-state index in [1.165, 1.54) is 26.2 Å². The van der Waals surface area contributed by atoms with Gasteiger partial charge in [0.15, 0.2) is 0 Å². The first-order valence-electron chi connectivity index (χ1n) is 3.80. The molecule has 0 aliphatic heterocycles. The predicted molar refractivity (Wildman–Crippen MR) is 50.4 cm³/mol. The van der Waals surface area contributed by atoms with Gasteiger partial charge in [-0.3, -0.25) is 0 Å². The Balaban J connectivity index is 3.13. The van der Waals surface area contributed by atoms with Crippen LogP contribution >= 0.6 is 0 Å². The molecule has 0 aliphatic carbocycles. The molecule has 70 valence electrons. The van der Waals surface area contributed by atoms with Crippen LogP contribution in [0.2, 0.25) is 0 Å². The van der Waals surface area contributed by atoms with Gasteiger partial charge in [0, 0.05) is 6.07 Å². The lowest BCUT2D eigenvalue weighted by molar-refractivity contribution is 0.0697. The Morgan fingerprint density at radius 3 is 2.54 bits per heavy atom. The molecule has 0 aliphatic rings. The van der Waals surface area contributed by atoms with E-state index in [2.05, 4.69) is 0 Å². The van der Waals surface area contributed by atoms with E-state index in [0.717, 1.165) is 0 Å². The molecule has 1 rings (SSSR count). The van der Waals surface area contributed by atoms with Crippen LogP contribution in [0.5, 0.6) is 0 Å². The predicted octanol–water partition coefficient (Wildman–Crippen LogP) is 1.45. The van der Waals surface area contributed by atoms with Gasteiger partial charge in [0.05, 0.1) is 19.7 Å². The van der Waals surface area contributed by atoms with E-state index in [1.807, 2.05) is 0 Å². The Labute approximate surface area is 76.2 Å². The maximum Gasteiger partial charge on any atom is 0.335 e. The zero-order chi connectivity index (χ0) is 10.1. The highest BCUT2D eigenvalue weighted by Gasteiger charge is 2.10. The number of aromatic carboxylic acids is 1. The maximum atomic E-state index is 11.4. The molecule has 0 saturated carbocycles. The summed E-state index contributed by atoms with van der Waals surface area (Å²) < 4.78 is -0.624. The first-order valence-corrected chi connectivity index (χ1v) is 3.80. The minimum atomic E-state index is -1.02. The molecule has 0 amide bonds. The fraction of sp³-hybridized carbons (Fsp3) is 0.222. The fourth-order valence-corrected chi connectivity index (χ4v) is 0.974. The highest BCUT2D eigenvalue weighted by molar-refractivity contribution is 5.88. The Hall–Kier alpha value is -1.39. The Morgan fingerprint density at radius 2 is 2.08 bits per heavy atom. The van der Waals surface area contributed by atoms with E-state index in [-0.39, 0.29) is 5.56 Å². The zero-order valence-electron chi connectivity index (χ0n) is 7.52. The third-order valence-electron chi connectivity index (χ3n) is 1.71. The van der Waals surface area contributed by atoms with Crippen LogP contribution < -0.4 is 4.65 Å². The van der Waals surface area contributed by atoms with Crippen LogP contribution in [-0.2, 0) is 0 Å². The van der Waals surface area contributed by atoms with E-state index < -0.39 is 10.6 Å². The number of hydrogen-bond acceptors (Lipinski definition) is 2. The topological polar surface area (TPSA) is 60.4 Å².